The van der Waals surface area contributed by atoms with E-state index >= 15 is 0 Å². The van der Waals surface area contributed by atoms with Crippen molar-refractivity contribution in [2.45, 2.75) is 51.5 Å². The second-order valence-corrected chi connectivity index (χ2v) is 7.66. The van der Waals surface area contributed by atoms with E-state index in [1.165, 1.54) is 37.1 Å². The fourth-order valence-corrected chi connectivity index (χ4v) is 4.79. The van der Waals surface area contributed by atoms with Gasteiger partial charge in [-0.3, -0.25) is 4.90 Å². The third-order valence-corrected chi connectivity index (χ3v) is 6.00. The van der Waals surface area contributed by atoms with Gasteiger partial charge >= 0.3 is 0 Å². The summed E-state index contributed by atoms with van der Waals surface area (Å²) in [6.07, 6.45) is 6.62. The molecule has 0 atom stereocenters. The molecule has 0 spiro atoms. The van der Waals surface area contributed by atoms with E-state index in [1.807, 2.05) is 6.92 Å². The predicted octanol–water partition coefficient (Wildman–Crippen LogP) is 3.27. The molecule has 0 aromatic carbocycles. The fourth-order valence-electron chi connectivity index (χ4n) is 3.62. The second kappa shape index (κ2) is 6.79. The number of thiazole rings is 1. The number of aromatic nitrogens is 3. The van der Waals surface area contributed by atoms with Gasteiger partial charge in [-0.25, -0.2) is 15.0 Å². The molecule has 4 rings (SSSR count). The van der Waals surface area contributed by atoms with Gasteiger partial charge in [0.05, 0.1) is 23.9 Å². The smallest absolute Gasteiger partial charge is 0.147 e. The van der Waals surface area contributed by atoms with Crippen molar-refractivity contribution in [3.8, 4) is 0 Å². The lowest BCUT2D eigenvalue weighted by Gasteiger charge is -2.26. The highest BCUT2D eigenvalue weighted by Crippen LogP contribution is 2.36. The summed E-state index contributed by atoms with van der Waals surface area (Å²) in [6.45, 7) is 6.43. The maximum absolute atomic E-state index is 5.44. The number of ether oxygens (including phenoxy) is 1. The van der Waals surface area contributed by atoms with Crippen LogP contribution in [-0.2, 0) is 11.3 Å². The third-order valence-electron chi connectivity index (χ3n) is 4.89. The van der Waals surface area contributed by atoms with Gasteiger partial charge < -0.3 is 4.74 Å². The molecule has 1 aliphatic carbocycles. The third kappa shape index (κ3) is 3.39. The molecule has 0 unspecified atom stereocenters. The number of morpholine rings is 1. The lowest BCUT2D eigenvalue weighted by Crippen LogP contribution is -2.36. The lowest BCUT2D eigenvalue weighted by molar-refractivity contribution is 0.0338. The first kappa shape index (κ1) is 15.4. The molecular weight excluding hydrogens is 308 g/mol. The van der Waals surface area contributed by atoms with Crippen molar-refractivity contribution >= 4 is 21.7 Å². The Balaban J connectivity index is 1.64. The van der Waals surface area contributed by atoms with Crippen molar-refractivity contribution in [2.24, 2.45) is 0 Å². The molecule has 124 valence electrons. The van der Waals surface area contributed by atoms with E-state index < -0.39 is 0 Å². The van der Waals surface area contributed by atoms with E-state index in [0.717, 1.165) is 54.7 Å². The summed E-state index contributed by atoms with van der Waals surface area (Å²) in [7, 11) is 0. The minimum atomic E-state index is 0.638. The van der Waals surface area contributed by atoms with Gasteiger partial charge in [-0.2, -0.15) is 0 Å². The van der Waals surface area contributed by atoms with E-state index in [9.17, 15) is 0 Å². The molecule has 2 aromatic heterocycles. The van der Waals surface area contributed by atoms with Gasteiger partial charge in [0.2, 0.25) is 0 Å². The first-order valence-corrected chi connectivity index (χ1v) is 9.55. The van der Waals surface area contributed by atoms with Gasteiger partial charge in [0, 0.05) is 25.6 Å². The molecule has 1 saturated carbocycles. The van der Waals surface area contributed by atoms with Crippen LogP contribution in [0, 0.1) is 6.92 Å². The van der Waals surface area contributed by atoms with Crippen LogP contribution in [0.1, 0.15) is 54.5 Å². The summed E-state index contributed by atoms with van der Waals surface area (Å²) in [4.78, 5) is 17.8. The zero-order chi connectivity index (χ0) is 15.6. The Morgan fingerprint density at radius 2 is 1.87 bits per heavy atom. The van der Waals surface area contributed by atoms with Crippen molar-refractivity contribution in [2.75, 3.05) is 26.3 Å². The molecule has 0 N–H and O–H groups in total. The molecular formula is C17H24N4OS. The summed E-state index contributed by atoms with van der Waals surface area (Å²) in [5.41, 5.74) is 2.13. The van der Waals surface area contributed by atoms with Crippen molar-refractivity contribution in [1.29, 1.82) is 0 Å². The van der Waals surface area contributed by atoms with Gasteiger partial charge in [-0.15, -0.1) is 0 Å². The zero-order valence-corrected chi connectivity index (χ0v) is 14.6. The van der Waals surface area contributed by atoms with Crippen LogP contribution in [0.5, 0.6) is 0 Å². The van der Waals surface area contributed by atoms with E-state index in [1.54, 1.807) is 11.3 Å². The van der Waals surface area contributed by atoms with Crippen molar-refractivity contribution in [3.05, 3.63) is 16.5 Å². The van der Waals surface area contributed by atoms with Crippen molar-refractivity contribution < 1.29 is 4.74 Å². The Morgan fingerprint density at radius 1 is 1.09 bits per heavy atom. The van der Waals surface area contributed by atoms with E-state index in [2.05, 4.69) is 9.88 Å². The number of aryl methyl sites for hydroxylation is 1. The van der Waals surface area contributed by atoms with Gasteiger partial charge in [0.1, 0.15) is 16.2 Å². The minimum Gasteiger partial charge on any atom is -0.379 e. The average Bonchev–Trinajstić information content (AvgIpc) is 3.01. The summed E-state index contributed by atoms with van der Waals surface area (Å²) in [5.74, 6) is 1.50. The van der Waals surface area contributed by atoms with Crippen LogP contribution in [0.3, 0.4) is 0 Å². The largest absolute Gasteiger partial charge is 0.379 e. The van der Waals surface area contributed by atoms with Crippen LogP contribution < -0.4 is 0 Å². The number of nitrogens with zero attached hydrogens (tertiary/aromatic N) is 4. The monoisotopic (exact) mass is 332 g/mol. The van der Waals surface area contributed by atoms with Crippen LogP contribution in [0.25, 0.3) is 10.3 Å². The molecule has 3 heterocycles. The van der Waals surface area contributed by atoms with E-state index in [4.69, 9.17) is 14.7 Å². The summed E-state index contributed by atoms with van der Waals surface area (Å²) < 4.78 is 5.44. The van der Waals surface area contributed by atoms with Crippen LogP contribution >= 0.6 is 11.3 Å². The van der Waals surface area contributed by atoms with Crippen LogP contribution in [0.15, 0.2) is 0 Å². The molecule has 1 aliphatic heterocycles. The zero-order valence-electron chi connectivity index (χ0n) is 13.8. The molecule has 5 nitrogen and oxygen atoms in total. The lowest BCUT2D eigenvalue weighted by atomic mass is 9.90. The molecule has 2 aliphatic rings. The first-order chi connectivity index (χ1) is 11.3. The Kier molecular flexibility index (Phi) is 4.55. The highest BCUT2D eigenvalue weighted by Gasteiger charge is 2.22. The normalized spacial score (nSPS) is 21.1. The molecule has 1 saturated heterocycles. The average molecular weight is 332 g/mol. The SMILES string of the molecule is Cc1nc(CN2CCOCC2)c2nc(C3CCCCC3)sc2n1. The standard InChI is InChI=1S/C17H24N4OS/c1-12-18-14(11-21-7-9-22-10-8-21)15-17(19-12)23-16(20-15)13-5-3-2-4-6-13/h13H,2-11H2,1H3. The molecule has 0 radical (unpaired) electrons. The first-order valence-electron chi connectivity index (χ1n) is 8.73. The van der Waals surface area contributed by atoms with Gasteiger partial charge in [-0.1, -0.05) is 30.6 Å². The second-order valence-electron chi connectivity index (χ2n) is 6.65. The number of fused-ring (bicyclic) bond motifs is 1. The van der Waals surface area contributed by atoms with Crippen LogP contribution in [0.2, 0.25) is 0 Å². The van der Waals surface area contributed by atoms with Crippen molar-refractivity contribution in [1.82, 2.24) is 19.9 Å². The number of hydrogen-bond donors (Lipinski definition) is 0. The maximum Gasteiger partial charge on any atom is 0.147 e. The van der Waals surface area contributed by atoms with Gasteiger partial charge in [0.25, 0.3) is 0 Å². The molecule has 0 amide bonds. The topological polar surface area (TPSA) is 51.1 Å². The summed E-state index contributed by atoms with van der Waals surface area (Å²) >= 11 is 1.79. The van der Waals surface area contributed by atoms with E-state index in [0.29, 0.717) is 5.92 Å². The summed E-state index contributed by atoms with van der Waals surface area (Å²) in [5, 5.41) is 1.28. The minimum absolute atomic E-state index is 0.638. The molecule has 23 heavy (non-hydrogen) atoms. The molecule has 2 fully saturated rings. The van der Waals surface area contributed by atoms with E-state index in [-0.39, 0.29) is 0 Å². The number of hydrogen-bond acceptors (Lipinski definition) is 6. The molecule has 0 bridgehead atoms. The van der Waals surface area contributed by atoms with Gasteiger partial charge in [0.15, 0.2) is 0 Å². The Labute approximate surface area is 141 Å². The molecule has 6 heteroatoms. The Hall–Kier alpha value is -1.11. The molecule has 2 aromatic rings. The van der Waals surface area contributed by atoms with Crippen molar-refractivity contribution in [3.63, 3.8) is 0 Å². The quantitative estimate of drug-likeness (QED) is 0.863. The Morgan fingerprint density at radius 3 is 2.65 bits per heavy atom. The van der Waals surface area contributed by atoms with Crippen LogP contribution in [0.4, 0.5) is 0 Å². The predicted molar refractivity (Wildman–Crippen MR) is 91.9 cm³/mol. The van der Waals surface area contributed by atoms with Gasteiger partial charge in [-0.05, 0) is 19.8 Å². The summed E-state index contributed by atoms with van der Waals surface area (Å²) in [6, 6.07) is 0. The highest BCUT2D eigenvalue weighted by molar-refractivity contribution is 7.18. The van der Waals surface area contributed by atoms with Crippen LogP contribution in [-0.4, -0.2) is 46.2 Å². The fraction of sp³-hybridized carbons (Fsp3) is 0.706. The Bertz CT molecular complexity index is 675. The maximum atomic E-state index is 5.44. The highest BCUT2D eigenvalue weighted by atomic mass is 32.1. The number of rotatable bonds is 3.